The van der Waals surface area contributed by atoms with Gasteiger partial charge in [-0.2, -0.15) is 0 Å². The fraction of sp³-hybridized carbons (Fsp3) is 0.522. The standard InChI is InChI=1S/C23H31N3O6S/c1-7-33(6)24-14-23(15-24)10-11-25(21(28)32-22(2,3)4)19(13-23)17-9-8-16(20(27)31-5)12-18(17)26(29)30/h7-9,12-13H,10-11,14-15H2,1-6H3. The second-order valence-electron chi connectivity index (χ2n) is 9.31. The fourth-order valence-electron chi connectivity index (χ4n) is 4.03. The molecular weight excluding hydrogens is 446 g/mol. The Labute approximate surface area is 196 Å². The van der Waals surface area contributed by atoms with Crippen LogP contribution in [0.3, 0.4) is 0 Å². The summed E-state index contributed by atoms with van der Waals surface area (Å²) >= 11 is 0. The summed E-state index contributed by atoms with van der Waals surface area (Å²) in [5, 5.41) is 14.1. The van der Waals surface area contributed by atoms with E-state index < -0.39 is 22.6 Å². The van der Waals surface area contributed by atoms with Crippen LogP contribution in [0.2, 0.25) is 0 Å². The molecule has 9 nitrogen and oxygen atoms in total. The van der Waals surface area contributed by atoms with E-state index >= 15 is 0 Å². The minimum atomic E-state index is -0.710. The second-order valence-corrected chi connectivity index (χ2v) is 11.3. The maximum absolute atomic E-state index is 13.0. The van der Waals surface area contributed by atoms with Gasteiger partial charge in [-0.15, -0.1) is 10.7 Å². The van der Waals surface area contributed by atoms with Crippen LogP contribution >= 0.6 is 10.7 Å². The molecule has 10 heteroatoms. The van der Waals surface area contributed by atoms with Crippen molar-refractivity contribution in [2.24, 2.45) is 5.41 Å². The first-order valence-corrected chi connectivity index (χ1v) is 12.3. The van der Waals surface area contributed by atoms with Crippen molar-refractivity contribution in [3.05, 3.63) is 45.5 Å². The molecule has 1 aromatic carbocycles. The average Bonchev–Trinajstić information content (AvgIpc) is 2.74. The predicted molar refractivity (Wildman–Crippen MR) is 129 cm³/mol. The Kier molecular flexibility index (Phi) is 6.99. The van der Waals surface area contributed by atoms with Gasteiger partial charge in [0, 0.05) is 31.1 Å². The SMILES string of the molecule is C/C=S(\C)N1CC2(C=C(c3ccc(C(=O)OC)cc3[N+](=O)[O-])N(C(=O)OC(C)(C)C)CC2)C1. The number of nitro groups is 1. The molecule has 2 aliphatic heterocycles. The molecule has 2 heterocycles. The molecule has 2 aliphatic rings. The molecule has 1 spiro atoms. The van der Waals surface area contributed by atoms with Gasteiger partial charge in [-0.1, -0.05) is 11.4 Å². The summed E-state index contributed by atoms with van der Waals surface area (Å²) in [7, 11) is 1.26. The molecular formula is C23H31N3O6S. The molecule has 1 amide bonds. The van der Waals surface area contributed by atoms with E-state index in [2.05, 4.69) is 15.9 Å². The van der Waals surface area contributed by atoms with Crippen molar-refractivity contribution < 1.29 is 24.0 Å². The number of amides is 1. The second kappa shape index (κ2) is 9.26. The van der Waals surface area contributed by atoms with E-state index in [1.54, 1.807) is 20.8 Å². The van der Waals surface area contributed by atoms with E-state index in [0.717, 1.165) is 19.5 Å². The molecule has 1 aromatic rings. The monoisotopic (exact) mass is 477 g/mol. The number of esters is 1. The molecule has 33 heavy (non-hydrogen) atoms. The van der Waals surface area contributed by atoms with Crippen LogP contribution < -0.4 is 0 Å². The highest BCUT2D eigenvalue weighted by Gasteiger charge is 2.46. The minimum absolute atomic E-state index is 0.0437. The number of hydrogen-bond donors (Lipinski definition) is 0. The summed E-state index contributed by atoms with van der Waals surface area (Å²) in [6.07, 6.45) is 4.32. The molecule has 0 bridgehead atoms. The van der Waals surface area contributed by atoms with Crippen LogP contribution in [0.25, 0.3) is 5.70 Å². The first-order chi connectivity index (χ1) is 15.4. The summed E-state index contributed by atoms with van der Waals surface area (Å²) < 4.78 is 12.7. The maximum atomic E-state index is 13.0. The highest BCUT2D eigenvalue weighted by Crippen LogP contribution is 2.47. The van der Waals surface area contributed by atoms with Crippen LogP contribution in [0.15, 0.2) is 24.3 Å². The van der Waals surface area contributed by atoms with Crippen molar-refractivity contribution in [1.82, 2.24) is 9.21 Å². The molecule has 0 N–H and O–H groups in total. The molecule has 0 aliphatic carbocycles. The molecule has 3 rings (SSSR count). The molecule has 1 fully saturated rings. The zero-order valence-corrected chi connectivity index (χ0v) is 20.7. The number of benzene rings is 1. The Morgan fingerprint density at radius 1 is 1.27 bits per heavy atom. The van der Waals surface area contributed by atoms with E-state index in [-0.39, 0.29) is 32.9 Å². The first-order valence-electron chi connectivity index (χ1n) is 10.7. The largest absolute Gasteiger partial charge is 0.465 e. The van der Waals surface area contributed by atoms with E-state index in [9.17, 15) is 19.7 Å². The van der Waals surface area contributed by atoms with Crippen molar-refractivity contribution in [3.63, 3.8) is 0 Å². The predicted octanol–water partition coefficient (Wildman–Crippen LogP) is 4.30. The minimum Gasteiger partial charge on any atom is -0.465 e. The lowest BCUT2D eigenvalue weighted by molar-refractivity contribution is -0.385. The van der Waals surface area contributed by atoms with Crippen molar-refractivity contribution in [2.75, 3.05) is 33.0 Å². The van der Waals surface area contributed by atoms with Gasteiger partial charge in [0.25, 0.3) is 5.69 Å². The van der Waals surface area contributed by atoms with Gasteiger partial charge in [0.2, 0.25) is 0 Å². The Morgan fingerprint density at radius 2 is 1.94 bits per heavy atom. The van der Waals surface area contributed by atoms with Crippen LogP contribution in [-0.4, -0.2) is 70.2 Å². The molecule has 1 saturated heterocycles. The van der Waals surface area contributed by atoms with Crippen LogP contribution in [0.5, 0.6) is 0 Å². The quantitative estimate of drug-likeness (QED) is 0.276. The van der Waals surface area contributed by atoms with Crippen LogP contribution in [-0.2, 0) is 9.47 Å². The van der Waals surface area contributed by atoms with Gasteiger partial charge in [-0.25, -0.2) is 9.59 Å². The lowest BCUT2D eigenvalue weighted by atomic mass is 9.75. The van der Waals surface area contributed by atoms with Gasteiger partial charge in [-0.3, -0.25) is 19.3 Å². The third kappa shape index (κ3) is 5.27. The molecule has 1 atom stereocenters. The smallest absolute Gasteiger partial charge is 0.414 e. The Hall–Kier alpha value is -2.72. The number of nitrogens with zero attached hydrogens (tertiary/aromatic N) is 3. The van der Waals surface area contributed by atoms with E-state index in [1.165, 1.54) is 30.2 Å². The van der Waals surface area contributed by atoms with Crippen molar-refractivity contribution in [2.45, 2.75) is 39.7 Å². The molecule has 0 aromatic heterocycles. The van der Waals surface area contributed by atoms with Crippen LogP contribution in [0, 0.1) is 15.5 Å². The topological polar surface area (TPSA) is 102 Å². The molecule has 0 radical (unpaired) electrons. The number of carbonyl (C=O) groups is 2. The third-order valence-electron chi connectivity index (χ3n) is 5.80. The van der Waals surface area contributed by atoms with E-state index in [0.29, 0.717) is 12.2 Å². The van der Waals surface area contributed by atoms with Gasteiger partial charge in [0.1, 0.15) is 5.60 Å². The lowest BCUT2D eigenvalue weighted by Crippen LogP contribution is -2.56. The van der Waals surface area contributed by atoms with Crippen molar-refractivity contribution in [3.8, 4) is 0 Å². The van der Waals surface area contributed by atoms with Gasteiger partial charge in [-0.05, 0) is 52.5 Å². The zero-order valence-electron chi connectivity index (χ0n) is 19.9. The fourth-order valence-corrected chi connectivity index (χ4v) is 5.25. The highest BCUT2D eigenvalue weighted by molar-refractivity contribution is 8.12. The highest BCUT2D eigenvalue weighted by atomic mass is 32.2. The summed E-state index contributed by atoms with van der Waals surface area (Å²) in [4.78, 5) is 37.8. The van der Waals surface area contributed by atoms with E-state index in [1.807, 2.05) is 13.0 Å². The average molecular weight is 478 g/mol. The molecule has 0 saturated carbocycles. The molecule has 1 unspecified atom stereocenters. The Morgan fingerprint density at radius 3 is 2.48 bits per heavy atom. The van der Waals surface area contributed by atoms with Gasteiger partial charge in [0.05, 0.1) is 28.9 Å². The zero-order chi connectivity index (χ0) is 24.6. The lowest BCUT2D eigenvalue weighted by Gasteiger charge is -2.52. The maximum Gasteiger partial charge on any atom is 0.414 e. The number of nitro benzene ring substituents is 1. The Bertz CT molecular complexity index is 1040. The summed E-state index contributed by atoms with van der Waals surface area (Å²) in [5.74, 6) is -0.664. The molecule has 180 valence electrons. The number of methoxy groups -OCH3 is 1. The third-order valence-corrected chi connectivity index (χ3v) is 7.56. The van der Waals surface area contributed by atoms with E-state index in [4.69, 9.17) is 9.47 Å². The van der Waals surface area contributed by atoms with Crippen molar-refractivity contribution in [1.29, 1.82) is 0 Å². The first kappa shape index (κ1) is 24.9. The van der Waals surface area contributed by atoms with Gasteiger partial charge < -0.3 is 9.47 Å². The van der Waals surface area contributed by atoms with Crippen molar-refractivity contribution >= 4 is 39.5 Å². The van der Waals surface area contributed by atoms with Gasteiger partial charge >= 0.3 is 12.1 Å². The number of carbonyl (C=O) groups excluding carboxylic acids is 2. The normalized spacial score (nSPS) is 19.0. The number of hydrogen-bond acceptors (Lipinski definition) is 7. The number of ether oxygens (including phenoxy) is 2. The van der Waals surface area contributed by atoms with Crippen LogP contribution in [0.1, 0.15) is 50.0 Å². The van der Waals surface area contributed by atoms with Crippen LogP contribution in [0.4, 0.5) is 10.5 Å². The number of rotatable bonds is 4. The summed E-state index contributed by atoms with van der Waals surface area (Å²) in [6, 6.07) is 4.18. The van der Waals surface area contributed by atoms with Gasteiger partial charge in [0.15, 0.2) is 0 Å². The summed E-state index contributed by atoms with van der Waals surface area (Å²) in [6.45, 7) is 9.39. The Balaban J connectivity index is 2.08. The summed E-state index contributed by atoms with van der Waals surface area (Å²) in [5.41, 5.74) is -0.358.